The number of oxazole rings is 1. The van der Waals surface area contributed by atoms with E-state index in [0.29, 0.717) is 21.8 Å². The molecule has 5 nitrogen and oxygen atoms in total. The molecule has 1 N–H and O–H groups in total. The van der Waals surface area contributed by atoms with Crippen molar-refractivity contribution in [1.82, 2.24) is 4.57 Å². The van der Waals surface area contributed by atoms with Gasteiger partial charge in [0.25, 0.3) is 0 Å². The van der Waals surface area contributed by atoms with Gasteiger partial charge in [0.05, 0.1) is 5.52 Å². The molecule has 3 rings (SSSR count). The van der Waals surface area contributed by atoms with Gasteiger partial charge in [-0.3, -0.25) is 9.36 Å². The van der Waals surface area contributed by atoms with Gasteiger partial charge < -0.3 is 9.73 Å². The Hall–Kier alpha value is -2.53. The summed E-state index contributed by atoms with van der Waals surface area (Å²) in [6.07, 6.45) is 0. The molecule has 0 fully saturated rings. The number of amides is 1. The van der Waals surface area contributed by atoms with E-state index in [0.717, 1.165) is 5.56 Å². The molecule has 0 atom stereocenters. The normalized spacial score (nSPS) is 10.8. The largest absolute Gasteiger partial charge is 0.420 e. The van der Waals surface area contributed by atoms with Crippen molar-refractivity contribution >= 4 is 34.3 Å². The summed E-state index contributed by atoms with van der Waals surface area (Å²) in [4.78, 5) is 24.0. The van der Waals surface area contributed by atoms with Crippen molar-refractivity contribution in [2.45, 2.75) is 13.5 Å². The first kappa shape index (κ1) is 14.4. The summed E-state index contributed by atoms with van der Waals surface area (Å²) in [7, 11) is 0. The number of benzene rings is 2. The Balaban J connectivity index is 1.85. The second kappa shape index (κ2) is 5.69. The van der Waals surface area contributed by atoms with Crippen molar-refractivity contribution in [3.8, 4) is 0 Å². The van der Waals surface area contributed by atoms with Gasteiger partial charge in [-0.15, -0.1) is 0 Å². The minimum Gasteiger partial charge on any atom is -0.408 e. The molecule has 1 heterocycles. The lowest BCUT2D eigenvalue weighted by atomic mass is 10.2. The van der Waals surface area contributed by atoms with Crippen LogP contribution < -0.4 is 11.1 Å². The van der Waals surface area contributed by atoms with Crippen LogP contribution in [-0.4, -0.2) is 10.5 Å². The van der Waals surface area contributed by atoms with Crippen LogP contribution >= 0.6 is 11.6 Å². The smallest absolute Gasteiger partial charge is 0.408 e. The molecule has 6 heteroatoms. The third kappa shape index (κ3) is 2.89. The Morgan fingerprint density at radius 1 is 1.23 bits per heavy atom. The van der Waals surface area contributed by atoms with Crippen LogP contribution in [0.4, 0.5) is 5.69 Å². The van der Waals surface area contributed by atoms with Crippen molar-refractivity contribution < 1.29 is 9.21 Å². The zero-order valence-corrected chi connectivity index (χ0v) is 12.6. The summed E-state index contributed by atoms with van der Waals surface area (Å²) in [5.74, 6) is -0.898. The molecule has 0 spiro atoms. The summed E-state index contributed by atoms with van der Waals surface area (Å²) in [6, 6.07) is 12.2. The lowest BCUT2D eigenvalue weighted by molar-refractivity contribution is -0.116. The molecule has 3 aromatic rings. The van der Waals surface area contributed by atoms with E-state index in [1.807, 2.05) is 19.1 Å². The minimum atomic E-state index is -0.587. The average molecular weight is 317 g/mol. The van der Waals surface area contributed by atoms with Gasteiger partial charge in [-0.05, 0) is 37.3 Å². The SMILES string of the molecule is Cc1ccc(NC(=O)Cn2c(=O)oc3ccc(Cl)cc32)cc1. The van der Waals surface area contributed by atoms with Gasteiger partial charge in [-0.1, -0.05) is 29.3 Å². The molecule has 0 saturated heterocycles. The zero-order valence-electron chi connectivity index (χ0n) is 11.8. The molecular weight excluding hydrogens is 304 g/mol. The Labute approximate surface area is 131 Å². The van der Waals surface area contributed by atoms with Crippen LogP contribution in [0.25, 0.3) is 11.1 Å². The second-order valence-corrected chi connectivity index (χ2v) is 5.42. The van der Waals surface area contributed by atoms with Gasteiger partial charge >= 0.3 is 5.76 Å². The molecule has 0 saturated carbocycles. The number of rotatable bonds is 3. The van der Waals surface area contributed by atoms with Gasteiger partial charge in [0.2, 0.25) is 5.91 Å². The molecule has 0 unspecified atom stereocenters. The van der Waals surface area contributed by atoms with E-state index in [9.17, 15) is 9.59 Å². The molecule has 0 aliphatic heterocycles. The Morgan fingerprint density at radius 2 is 1.95 bits per heavy atom. The number of fused-ring (bicyclic) bond motifs is 1. The summed E-state index contributed by atoms with van der Waals surface area (Å²) >= 11 is 5.92. The third-order valence-corrected chi connectivity index (χ3v) is 3.50. The van der Waals surface area contributed by atoms with E-state index in [1.54, 1.807) is 30.3 Å². The van der Waals surface area contributed by atoms with E-state index in [1.165, 1.54) is 4.57 Å². The van der Waals surface area contributed by atoms with Gasteiger partial charge in [0.1, 0.15) is 6.54 Å². The predicted molar refractivity (Wildman–Crippen MR) is 85.3 cm³/mol. The quantitative estimate of drug-likeness (QED) is 0.807. The maximum Gasteiger partial charge on any atom is 0.420 e. The molecule has 0 bridgehead atoms. The highest BCUT2D eigenvalue weighted by atomic mass is 35.5. The maximum atomic E-state index is 12.1. The van der Waals surface area contributed by atoms with Gasteiger partial charge in [0.15, 0.2) is 5.58 Å². The van der Waals surface area contributed by atoms with Crippen molar-refractivity contribution in [2.75, 3.05) is 5.32 Å². The number of aryl methyl sites for hydroxylation is 1. The average Bonchev–Trinajstić information content (AvgIpc) is 2.77. The number of anilines is 1. The van der Waals surface area contributed by atoms with Gasteiger partial charge in [0, 0.05) is 10.7 Å². The lowest BCUT2D eigenvalue weighted by Crippen LogP contribution is -2.24. The second-order valence-electron chi connectivity index (χ2n) is 4.98. The van der Waals surface area contributed by atoms with E-state index in [2.05, 4.69) is 5.32 Å². The van der Waals surface area contributed by atoms with Crippen LogP contribution in [0.3, 0.4) is 0 Å². The van der Waals surface area contributed by atoms with Crippen molar-refractivity contribution in [3.05, 3.63) is 63.6 Å². The highest BCUT2D eigenvalue weighted by molar-refractivity contribution is 6.31. The number of hydrogen-bond acceptors (Lipinski definition) is 3. The Kier molecular flexibility index (Phi) is 3.73. The summed E-state index contributed by atoms with van der Waals surface area (Å²) in [6.45, 7) is 1.83. The van der Waals surface area contributed by atoms with E-state index >= 15 is 0 Å². The first-order valence-electron chi connectivity index (χ1n) is 6.68. The van der Waals surface area contributed by atoms with E-state index in [4.69, 9.17) is 16.0 Å². The van der Waals surface area contributed by atoms with Crippen LogP contribution in [-0.2, 0) is 11.3 Å². The van der Waals surface area contributed by atoms with E-state index in [-0.39, 0.29) is 12.5 Å². The fourth-order valence-corrected chi connectivity index (χ4v) is 2.33. The Morgan fingerprint density at radius 3 is 2.68 bits per heavy atom. The van der Waals surface area contributed by atoms with Gasteiger partial charge in [-0.25, -0.2) is 4.79 Å². The monoisotopic (exact) mass is 316 g/mol. The fourth-order valence-electron chi connectivity index (χ4n) is 2.17. The molecule has 22 heavy (non-hydrogen) atoms. The number of nitrogens with zero attached hydrogens (tertiary/aromatic N) is 1. The zero-order chi connectivity index (χ0) is 15.7. The predicted octanol–water partition coefficient (Wildman–Crippen LogP) is 3.20. The number of hydrogen-bond donors (Lipinski definition) is 1. The molecule has 0 aliphatic rings. The third-order valence-electron chi connectivity index (χ3n) is 3.27. The number of aromatic nitrogens is 1. The summed E-state index contributed by atoms with van der Waals surface area (Å²) < 4.78 is 6.34. The molecule has 0 radical (unpaired) electrons. The first-order valence-corrected chi connectivity index (χ1v) is 7.06. The topological polar surface area (TPSA) is 64.2 Å². The molecule has 1 aromatic heterocycles. The van der Waals surface area contributed by atoms with Crippen LogP contribution in [0.5, 0.6) is 0 Å². The molecular formula is C16H13ClN2O3. The summed E-state index contributed by atoms with van der Waals surface area (Å²) in [5.41, 5.74) is 2.67. The number of halogens is 1. The van der Waals surface area contributed by atoms with Crippen LogP contribution in [0.15, 0.2) is 51.7 Å². The lowest BCUT2D eigenvalue weighted by Gasteiger charge is -2.06. The molecule has 112 valence electrons. The first-order chi connectivity index (χ1) is 10.5. The molecule has 2 aromatic carbocycles. The number of carbonyl (C=O) groups excluding carboxylic acids is 1. The highest BCUT2D eigenvalue weighted by Crippen LogP contribution is 2.18. The van der Waals surface area contributed by atoms with E-state index < -0.39 is 5.76 Å². The van der Waals surface area contributed by atoms with Crippen molar-refractivity contribution in [2.24, 2.45) is 0 Å². The van der Waals surface area contributed by atoms with Crippen molar-refractivity contribution in [3.63, 3.8) is 0 Å². The fraction of sp³-hybridized carbons (Fsp3) is 0.125. The minimum absolute atomic E-state index is 0.139. The van der Waals surface area contributed by atoms with Crippen LogP contribution in [0.1, 0.15) is 5.56 Å². The van der Waals surface area contributed by atoms with Crippen LogP contribution in [0.2, 0.25) is 5.02 Å². The molecule has 0 aliphatic carbocycles. The highest BCUT2D eigenvalue weighted by Gasteiger charge is 2.13. The standard InChI is InChI=1S/C16H13ClN2O3/c1-10-2-5-12(6-3-10)18-15(20)9-19-13-8-11(17)4-7-14(13)22-16(19)21/h2-8H,9H2,1H3,(H,18,20). The van der Waals surface area contributed by atoms with Crippen LogP contribution in [0, 0.1) is 6.92 Å². The van der Waals surface area contributed by atoms with Gasteiger partial charge in [-0.2, -0.15) is 0 Å². The van der Waals surface area contributed by atoms with Crippen molar-refractivity contribution in [1.29, 1.82) is 0 Å². The maximum absolute atomic E-state index is 12.1. The Bertz CT molecular complexity index is 894. The molecule has 1 amide bonds. The number of carbonyl (C=O) groups is 1. The number of nitrogens with one attached hydrogen (secondary N) is 1. The summed E-state index contributed by atoms with van der Waals surface area (Å²) in [5, 5.41) is 3.21.